The van der Waals surface area contributed by atoms with Gasteiger partial charge in [-0.3, -0.25) is 9.59 Å². The van der Waals surface area contributed by atoms with E-state index in [-0.39, 0.29) is 87.9 Å². The van der Waals surface area contributed by atoms with Crippen LogP contribution in [-0.2, 0) is 9.59 Å². The molecule has 1 rings (SSSR count). The molecule has 0 aliphatic rings. The van der Waals surface area contributed by atoms with Gasteiger partial charge >= 0.3 is 37.7 Å². The van der Waals surface area contributed by atoms with Crippen molar-refractivity contribution in [3.63, 3.8) is 0 Å². The van der Waals surface area contributed by atoms with Gasteiger partial charge in [-0.2, -0.15) is 0 Å². The maximum absolute atomic E-state index is 11.9. The van der Waals surface area contributed by atoms with Gasteiger partial charge in [-0.15, -0.1) is 0 Å². The Balaban J connectivity index is 0. The number of carbonyl (C=O) groups excluding carboxylic acids is 4. The SMILES string of the molecule is O=C([O-])CCCNC(=O)c1cccc(C(=O)NCCCC(=O)[O-])n1.[Li+].[Li+]. The number of amides is 2. The number of rotatable bonds is 10. The maximum Gasteiger partial charge on any atom is 1.00 e. The van der Waals surface area contributed by atoms with Crippen molar-refractivity contribution in [1.29, 1.82) is 0 Å². The molecule has 9 nitrogen and oxygen atoms in total. The van der Waals surface area contributed by atoms with Crippen LogP contribution >= 0.6 is 0 Å². The van der Waals surface area contributed by atoms with Crippen LogP contribution in [-0.4, -0.2) is 41.8 Å². The van der Waals surface area contributed by atoms with Crippen LogP contribution < -0.4 is 58.6 Å². The Morgan fingerprint density at radius 2 is 1.19 bits per heavy atom. The van der Waals surface area contributed by atoms with Gasteiger partial charge in [0.1, 0.15) is 11.4 Å². The smallest absolute Gasteiger partial charge is 0.550 e. The quantitative estimate of drug-likeness (QED) is 0.314. The molecular weight excluding hydrogens is 332 g/mol. The molecular formula is C15H17Li2N3O6. The third-order valence-corrected chi connectivity index (χ3v) is 2.90. The topological polar surface area (TPSA) is 151 Å². The summed E-state index contributed by atoms with van der Waals surface area (Å²) in [5.41, 5.74) is 0.0386. The van der Waals surface area contributed by atoms with Crippen molar-refractivity contribution >= 4 is 23.8 Å². The molecule has 0 radical (unpaired) electrons. The third kappa shape index (κ3) is 11.0. The molecule has 2 amide bonds. The standard InChI is InChI=1S/C15H19N3O6.2Li/c19-12(20)6-2-8-16-14(23)10-4-1-5-11(18-10)15(24)17-9-3-7-13(21)22;;/h1,4-5H,2-3,6-9H2,(H,16,23)(H,17,24)(H,19,20)(H,21,22);;/q;2*+1/p-2. The normalized spacial score (nSPS) is 9.23. The van der Waals surface area contributed by atoms with E-state index in [2.05, 4.69) is 15.6 Å². The summed E-state index contributed by atoms with van der Waals surface area (Å²) in [7, 11) is 0. The number of nitrogens with one attached hydrogen (secondary N) is 2. The number of carbonyl (C=O) groups is 4. The minimum Gasteiger partial charge on any atom is -0.550 e. The number of nitrogens with zero attached hydrogens (tertiary/aromatic N) is 1. The summed E-state index contributed by atoms with van der Waals surface area (Å²) >= 11 is 0. The first-order valence-corrected chi connectivity index (χ1v) is 7.33. The van der Waals surface area contributed by atoms with Gasteiger partial charge in [-0.05, 0) is 37.8 Å². The van der Waals surface area contributed by atoms with Crippen molar-refractivity contribution < 1.29 is 67.1 Å². The molecule has 1 aromatic heterocycles. The fourth-order valence-corrected chi connectivity index (χ4v) is 1.74. The van der Waals surface area contributed by atoms with Crippen LogP contribution in [0.3, 0.4) is 0 Å². The number of pyridine rings is 1. The Kier molecular flexibility index (Phi) is 14.7. The minimum absolute atomic E-state index is 0. The van der Waals surface area contributed by atoms with E-state index in [9.17, 15) is 29.4 Å². The van der Waals surface area contributed by atoms with Crippen molar-refractivity contribution in [3.05, 3.63) is 29.6 Å². The second kappa shape index (κ2) is 14.4. The van der Waals surface area contributed by atoms with Crippen LogP contribution in [0.4, 0.5) is 0 Å². The fraction of sp³-hybridized carbons (Fsp3) is 0.400. The summed E-state index contributed by atoms with van der Waals surface area (Å²) in [6, 6.07) is 4.32. The van der Waals surface area contributed by atoms with Crippen molar-refractivity contribution in [3.8, 4) is 0 Å². The first-order chi connectivity index (χ1) is 11.4. The second-order valence-electron chi connectivity index (χ2n) is 4.87. The Bertz CT molecular complexity index is 578. The molecule has 11 heteroatoms. The summed E-state index contributed by atoms with van der Waals surface area (Å²) in [6.45, 7) is 0.294. The van der Waals surface area contributed by atoms with Crippen LogP contribution in [0.25, 0.3) is 0 Å². The van der Waals surface area contributed by atoms with Gasteiger partial charge in [0.25, 0.3) is 11.8 Å². The molecule has 0 fully saturated rings. The minimum atomic E-state index is -1.19. The number of carboxylic acids is 2. The second-order valence-corrected chi connectivity index (χ2v) is 4.87. The number of aromatic nitrogens is 1. The molecule has 0 atom stereocenters. The zero-order valence-corrected chi connectivity index (χ0v) is 14.9. The van der Waals surface area contributed by atoms with Crippen molar-refractivity contribution in [2.24, 2.45) is 0 Å². The molecule has 130 valence electrons. The molecule has 0 saturated carbocycles. The predicted octanol–water partition coefficient (Wildman–Crippen LogP) is -8.39. The van der Waals surface area contributed by atoms with Crippen molar-refractivity contribution in [2.45, 2.75) is 25.7 Å². The van der Waals surface area contributed by atoms with Gasteiger partial charge in [0.2, 0.25) is 0 Å². The average Bonchev–Trinajstić information content (AvgIpc) is 2.55. The maximum atomic E-state index is 11.9. The largest absolute Gasteiger partial charge is 1.00 e. The molecule has 0 aliphatic heterocycles. The molecule has 0 aliphatic carbocycles. The van der Waals surface area contributed by atoms with E-state index in [1.165, 1.54) is 18.2 Å². The van der Waals surface area contributed by atoms with E-state index in [1.807, 2.05) is 0 Å². The van der Waals surface area contributed by atoms with Gasteiger partial charge in [0.05, 0.1) is 0 Å². The van der Waals surface area contributed by atoms with Gasteiger partial charge in [-0.25, -0.2) is 4.98 Å². The van der Waals surface area contributed by atoms with E-state index >= 15 is 0 Å². The molecule has 0 spiro atoms. The molecule has 0 aromatic carbocycles. The monoisotopic (exact) mass is 349 g/mol. The van der Waals surface area contributed by atoms with E-state index < -0.39 is 23.8 Å². The van der Waals surface area contributed by atoms with E-state index in [0.29, 0.717) is 0 Å². The number of carboxylic acid groups (broad SMARTS) is 2. The molecule has 0 saturated heterocycles. The van der Waals surface area contributed by atoms with E-state index in [4.69, 9.17) is 0 Å². The summed E-state index contributed by atoms with van der Waals surface area (Å²) in [5.74, 6) is -3.45. The summed E-state index contributed by atoms with van der Waals surface area (Å²) < 4.78 is 0. The van der Waals surface area contributed by atoms with Gasteiger partial charge in [0, 0.05) is 25.0 Å². The zero-order valence-electron chi connectivity index (χ0n) is 14.9. The predicted molar refractivity (Wildman–Crippen MR) is 77.4 cm³/mol. The molecule has 0 bridgehead atoms. The van der Waals surface area contributed by atoms with E-state index in [1.54, 1.807) is 0 Å². The van der Waals surface area contributed by atoms with Gasteiger partial charge < -0.3 is 30.4 Å². The summed E-state index contributed by atoms with van der Waals surface area (Å²) in [4.78, 5) is 48.2. The molecule has 0 unspecified atom stereocenters. The molecule has 1 heterocycles. The fourth-order valence-electron chi connectivity index (χ4n) is 1.74. The van der Waals surface area contributed by atoms with Gasteiger partial charge in [-0.1, -0.05) is 6.07 Å². The van der Waals surface area contributed by atoms with E-state index in [0.717, 1.165) is 0 Å². The Labute approximate surface area is 174 Å². The average molecular weight is 349 g/mol. The Hall–Kier alpha value is -1.78. The summed E-state index contributed by atoms with van der Waals surface area (Å²) in [5, 5.41) is 25.5. The molecule has 26 heavy (non-hydrogen) atoms. The van der Waals surface area contributed by atoms with Crippen LogP contribution in [0.15, 0.2) is 18.2 Å². The van der Waals surface area contributed by atoms with Gasteiger partial charge in [0.15, 0.2) is 0 Å². The first kappa shape index (κ1) is 26.5. The van der Waals surface area contributed by atoms with Crippen LogP contribution in [0, 0.1) is 0 Å². The van der Waals surface area contributed by atoms with Crippen LogP contribution in [0.1, 0.15) is 46.7 Å². The van der Waals surface area contributed by atoms with Crippen LogP contribution in [0.2, 0.25) is 0 Å². The molecule has 2 N–H and O–H groups in total. The summed E-state index contributed by atoms with van der Waals surface area (Å²) in [6.07, 6.45) is 0.128. The zero-order chi connectivity index (χ0) is 17.9. The first-order valence-electron chi connectivity index (χ1n) is 7.33. The Morgan fingerprint density at radius 3 is 1.54 bits per heavy atom. The third-order valence-electron chi connectivity index (χ3n) is 2.90. The Morgan fingerprint density at radius 1 is 0.808 bits per heavy atom. The van der Waals surface area contributed by atoms with Crippen molar-refractivity contribution in [1.82, 2.24) is 15.6 Å². The molecule has 1 aromatic rings. The number of hydrogen-bond donors (Lipinski definition) is 2. The number of aliphatic carboxylic acids is 2. The van der Waals surface area contributed by atoms with Crippen molar-refractivity contribution in [2.75, 3.05) is 13.1 Å². The number of hydrogen-bond acceptors (Lipinski definition) is 7. The van der Waals surface area contributed by atoms with Crippen LogP contribution in [0.5, 0.6) is 0 Å².